The Morgan fingerprint density at radius 3 is 2.46 bits per heavy atom. The van der Waals surface area contributed by atoms with E-state index < -0.39 is 17.6 Å². The molecule has 0 saturated heterocycles. The first-order valence-corrected chi connectivity index (χ1v) is 8.29. The summed E-state index contributed by atoms with van der Waals surface area (Å²) < 4.78 is 5.89. The van der Waals surface area contributed by atoms with Gasteiger partial charge in [-0.1, -0.05) is 0 Å². The Morgan fingerprint density at radius 2 is 1.92 bits per heavy atom. The standard InChI is InChI=1S/C16H21N3O7/c1-3-26-13(21)16(2)4-9(5-16)6-18-12-10(7-19(18)15(24)25)17(14(22)23)8-11(12)20/h8-9,20H,3-7H2,1-2H3,(H,22,23)(H,24,25). The molecule has 3 rings (SSSR count). The summed E-state index contributed by atoms with van der Waals surface area (Å²) >= 11 is 0. The Labute approximate surface area is 149 Å². The molecule has 10 nitrogen and oxygen atoms in total. The minimum Gasteiger partial charge on any atom is -0.504 e. The van der Waals surface area contributed by atoms with Crippen molar-refractivity contribution in [3.63, 3.8) is 0 Å². The molecule has 1 aliphatic heterocycles. The third-order valence-electron chi connectivity index (χ3n) is 5.01. The number of carbonyl (C=O) groups is 3. The second-order valence-electron chi connectivity index (χ2n) is 6.94. The first-order valence-electron chi connectivity index (χ1n) is 8.29. The van der Waals surface area contributed by atoms with Gasteiger partial charge in [0, 0.05) is 6.54 Å². The average Bonchev–Trinajstić information content (AvgIpc) is 3.04. The van der Waals surface area contributed by atoms with E-state index in [9.17, 15) is 29.7 Å². The average molecular weight is 367 g/mol. The molecule has 0 aromatic carbocycles. The van der Waals surface area contributed by atoms with Crippen LogP contribution in [-0.4, -0.2) is 56.2 Å². The summed E-state index contributed by atoms with van der Waals surface area (Å²) in [6.45, 7) is 3.94. The summed E-state index contributed by atoms with van der Waals surface area (Å²) in [4.78, 5) is 34.8. The van der Waals surface area contributed by atoms with Crippen molar-refractivity contribution in [2.24, 2.45) is 11.3 Å². The molecule has 1 amide bonds. The van der Waals surface area contributed by atoms with Gasteiger partial charge in [0.2, 0.25) is 0 Å². The molecule has 2 heterocycles. The summed E-state index contributed by atoms with van der Waals surface area (Å²) in [7, 11) is 0. The predicted octanol–water partition coefficient (Wildman–Crippen LogP) is 1.91. The molecule has 0 spiro atoms. The summed E-state index contributed by atoms with van der Waals surface area (Å²) in [5.74, 6) is -0.545. The highest BCUT2D eigenvalue weighted by molar-refractivity contribution is 5.81. The van der Waals surface area contributed by atoms with Crippen molar-refractivity contribution in [3.05, 3.63) is 11.9 Å². The molecule has 1 saturated carbocycles. The lowest BCUT2D eigenvalue weighted by molar-refractivity contribution is -0.162. The first kappa shape index (κ1) is 17.9. The van der Waals surface area contributed by atoms with Crippen molar-refractivity contribution in [3.8, 4) is 5.75 Å². The molecule has 1 aromatic rings. The third-order valence-corrected chi connectivity index (χ3v) is 5.01. The second kappa shape index (κ2) is 6.11. The summed E-state index contributed by atoms with van der Waals surface area (Å²) in [5.41, 5.74) is -0.212. The molecular weight excluding hydrogens is 346 g/mol. The Hall–Kier alpha value is -2.91. The van der Waals surface area contributed by atoms with Gasteiger partial charge in [0.1, 0.15) is 5.69 Å². The van der Waals surface area contributed by atoms with Crippen molar-refractivity contribution in [2.75, 3.05) is 18.2 Å². The lowest BCUT2D eigenvalue weighted by Gasteiger charge is -2.45. The number of hydrogen-bond acceptors (Lipinski definition) is 6. The minimum atomic E-state index is -1.30. The number of anilines is 1. The molecular formula is C16H21N3O7. The van der Waals surface area contributed by atoms with Crippen LogP contribution in [0.4, 0.5) is 15.3 Å². The van der Waals surface area contributed by atoms with Gasteiger partial charge in [0.25, 0.3) is 0 Å². The number of aromatic nitrogens is 1. The number of hydrazine groups is 1. The molecule has 0 radical (unpaired) electrons. The molecule has 26 heavy (non-hydrogen) atoms. The van der Waals surface area contributed by atoms with E-state index in [1.54, 1.807) is 6.92 Å². The smallest absolute Gasteiger partial charge is 0.426 e. The number of carboxylic acid groups (broad SMARTS) is 2. The number of esters is 1. The fourth-order valence-corrected chi connectivity index (χ4v) is 3.90. The normalized spacial score (nSPS) is 24.2. The van der Waals surface area contributed by atoms with Crippen LogP contribution >= 0.6 is 0 Å². The van der Waals surface area contributed by atoms with Gasteiger partial charge in [-0.25, -0.2) is 19.2 Å². The summed E-state index contributed by atoms with van der Waals surface area (Å²) in [6, 6.07) is 0. The molecule has 10 heteroatoms. The molecule has 3 N–H and O–H groups in total. The number of aromatic hydroxyl groups is 1. The maximum atomic E-state index is 12.0. The van der Waals surface area contributed by atoms with Crippen LogP contribution in [0.15, 0.2) is 6.20 Å². The number of hydrogen-bond donors (Lipinski definition) is 3. The van der Waals surface area contributed by atoms with Crippen LogP contribution in [0.2, 0.25) is 0 Å². The quantitative estimate of drug-likeness (QED) is 0.688. The lowest BCUT2D eigenvalue weighted by Crippen LogP contribution is -2.50. The maximum Gasteiger partial charge on any atom is 0.426 e. The van der Waals surface area contributed by atoms with Crippen molar-refractivity contribution >= 4 is 23.8 Å². The van der Waals surface area contributed by atoms with E-state index in [0.717, 1.165) is 15.8 Å². The van der Waals surface area contributed by atoms with Crippen molar-refractivity contribution in [1.29, 1.82) is 0 Å². The monoisotopic (exact) mass is 367 g/mol. The van der Waals surface area contributed by atoms with Crippen LogP contribution < -0.4 is 5.01 Å². The molecule has 1 aromatic heterocycles. The minimum absolute atomic E-state index is 0.0183. The molecule has 1 fully saturated rings. The zero-order valence-electron chi connectivity index (χ0n) is 14.5. The van der Waals surface area contributed by atoms with E-state index in [2.05, 4.69) is 0 Å². The molecule has 0 bridgehead atoms. The largest absolute Gasteiger partial charge is 0.504 e. The third kappa shape index (κ3) is 2.71. The van der Waals surface area contributed by atoms with Gasteiger partial charge in [-0.3, -0.25) is 9.80 Å². The number of rotatable bonds is 4. The van der Waals surface area contributed by atoms with Crippen LogP contribution in [-0.2, 0) is 16.1 Å². The van der Waals surface area contributed by atoms with Gasteiger partial charge < -0.3 is 20.1 Å². The van der Waals surface area contributed by atoms with E-state index in [-0.39, 0.29) is 42.1 Å². The van der Waals surface area contributed by atoms with E-state index in [1.807, 2.05) is 6.92 Å². The summed E-state index contributed by atoms with van der Waals surface area (Å²) in [6.07, 6.45) is -0.419. The molecule has 1 aliphatic carbocycles. The van der Waals surface area contributed by atoms with Crippen molar-refractivity contribution in [1.82, 2.24) is 9.58 Å². The van der Waals surface area contributed by atoms with Gasteiger partial charge in [-0.2, -0.15) is 0 Å². The maximum absolute atomic E-state index is 12.0. The highest BCUT2D eigenvalue weighted by atomic mass is 16.5. The molecule has 142 valence electrons. The Morgan fingerprint density at radius 1 is 1.27 bits per heavy atom. The van der Waals surface area contributed by atoms with Crippen LogP contribution in [0, 0.1) is 11.3 Å². The van der Waals surface area contributed by atoms with Gasteiger partial charge in [-0.05, 0) is 32.6 Å². The van der Waals surface area contributed by atoms with Crippen LogP contribution in [0.5, 0.6) is 5.75 Å². The number of carbonyl (C=O) groups excluding carboxylic acids is 1. The SMILES string of the molecule is CCOC(=O)C1(C)CC(CN2c3c(O)cn(C(=O)O)c3CN2C(=O)O)C1. The Kier molecular flexibility index (Phi) is 4.21. The highest BCUT2D eigenvalue weighted by Crippen LogP contribution is 2.49. The summed E-state index contributed by atoms with van der Waals surface area (Å²) in [5, 5.41) is 31.1. The topological polar surface area (TPSA) is 133 Å². The molecule has 0 unspecified atom stereocenters. The fraction of sp³-hybridized carbons (Fsp3) is 0.562. The van der Waals surface area contributed by atoms with Gasteiger partial charge in [0.05, 0.1) is 30.5 Å². The number of ether oxygens (including phenoxy) is 1. The highest BCUT2D eigenvalue weighted by Gasteiger charge is 2.49. The van der Waals surface area contributed by atoms with Gasteiger partial charge in [-0.15, -0.1) is 0 Å². The molecule has 0 atom stereocenters. The van der Waals surface area contributed by atoms with E-state index in [4.69, 9.17) is 4.74 Å². The van der Waals surface area contributed by atoms with E-state index >= 15 is 0 Å². The zero-order chi connectivity index (χ0) is 19.2. The van der Waals surface area contributed by atoms with Gasteiger partial charge in [0.15, 0.2) is 5.75 Å². The van der Waals surface area contributed by atoms with Gasteiger partial charge >= 0.3 is 18.2 Å². The van der Waals surface area contributed by atoms with E-state index in [0.29, 0.717) is 19.4 Å². The molecule has 2 aliphatic rings. The lowest BCUT2D eigenvalue weighted by atomic mass is 9.63. The second-order valence-corrected chi connectivity index (χ2v) is 6.94. The zero-order valence-corrected chi connectivity index (χ0v) is 14.5. The number of nitrogens with zero attached hydrogens (tertiary/aromatic N) is 3. The fourth-order valence-electron chi connectivity index (χ4n) is 3.90. The predicted molar refractivity (Wildman–Crippen MR) is 87.9 cm³/mol. The van der Waals surface area contributed by atoms with Crippen molar-refractivity contribution in [2.45, 2.75) is 33.2 Å². The Bertz CT molecular complexity index is 766. The first-order chi connectivity index (χ1) is 12.2. The Balaban J connectivity index is 1.79. The van der Waals surface area contributed by atoms with Crippen LogP contribution in [0.25, 0.3) is 0 Å². The van der Waals surface area contributed by atoms with E-state index in [1.165, 1.54) is 5.01 Å². The van der Waals surface area contributed by atoms with Crippen LogP contribution in [0.1, 0.15) is 32.4 Å². The van der Waals surface area contributed by atoms with Crippen LogP contribution in [0.3, 0.4) is 0 Å². The number of amides is 1. The number of fused-ring (bicyclic) bond motifs is 1. The van der Waals surface area contributed by atoms with Crippen molar-refractivity contribution < 1.29 is 34.4 Å².